The number of amides is 2. The van der Waals surface area contributed by atoms with Gasteiger partial charge in [-0.05, 0) is 19.1 Å². The minimum Gasteiger partial charge on any atom is -0.497 e. The van der Waals surface area contributed by atoms with Gasteiger partial charge in [0.05, 0.1) is 26.0 Å². The van der Waals surface area contributed by atoms with Gasteiger partial charge >= 0.3 is 0 Å². The molecule has 1 fully saturated rings. The minimum absolute atomic E-state index is 0.0317. The normalized spacial score (nSPS) is 13.6. The number of hydrogen-bond donors (Lipinski definition) is 0. The molecule has 0 radical (unpaired) electrons. The smallest absolute Gasteiger partial charge is 0.257 e. The monoisotopic (exact) mass is 463 g/mol. The van der Waals surface area contributed by atoms with Crippen LogP contribution >= 0.6 is 0 Å². The lowest BCUT2D eigenvalue weighted by molar-refractivity contribution is -0.132. The van der Waals surface area contributed by atoms with E-state index < -0.39 is 0 Å². The third kappa shape index (κ3) is 5.22. The molecule has 1 aliphatic rings. The molecule has 0 aliphatic carbocycles. The van der Waals surface area contributed by atoms with Crippen molar-refractivity contribution in [2.45, 2.75) is 19.8 Å². The Morgan fingerprint density at radius 2 is 1.68 bits per heavy atom. The van der Waals surface area contributed by atoms with E-state index in [1.165, 1.54) is 12.7 Å². The molecule has 0 spiro atoms. The number of aryl methyl sites for hydroxylation is 2. The van der Waals surface area contributed by atoms with E-state index in [2.05, 4.69) is 4.98 Å². The Balaban J connectivity index is 1.29. The second kappa shape index (κ2) is 10.4. The van der Waals surface area contributed by atoms with E-state index in [9.17, 15) is 9.59 Å². The van der Waals surface area contributed by atoms with Gasteiger partial charge in [-0.25, -0.2) is 4.98 Å². The standard InChI is InChI=1S/C26H29N3O5/c1-18-4-6-19(7-5-18)23-17-27-24(34-23)10-11-25(30)28-12-14-29(15-13-28)26(31)21-9-8-20(32-2)16-22(21)33-3/h4-9,16-17H,10-15H2,1-3H3. The SMILES string of the molecule is COc1ccc(C(=O)N2CCN(C(=O)CCc3ncc(-c4ccc(C)cc4)o3)CC2)c(OC)c1. The molecule has 2 aromatic carbocycles. The predicted molar refractivity (Wildman–Crippen MR) is 127 cm³/mol. The summed E-state index contributed by atoms with van der Waals surface area (Å²) >= 11 is 0. The fourth-order valence-corrected chi connectivity index (χ4v) is 3.95. The Kier molecular flexibility index (Phi) is 7.15. The van der Waals surface area contributed by atoms with Crippen LogP contribution in [0.15, 0.2) is 53.1 Å². The summed E-state index contributed by atoms with van der Waals surface area (Å²) in [5.41, 5.74) is 2.63. The average molecular weight is 464 g/mol. The molecule has 0 saturated carbocycles. The van der Waals surface area contributed by atoms with E-state index in [4.69, 9.17) is 13.9 Å². The minimum atomic E-state index is -0.116. The Labute approximate surface area is 199 Å². The number of nitrogens with zero attached hydrogens (tertiary/aromatic N) is 3. The molecule has 1 aliphatic heterocycles. The highest BCUT2D eigenvalue weighted by Gasteiger charge is 2.26. The Morgan fingerprint density at radius 3 is 2.35 bits per heavy atom. The second-order valence-corrected chi connectivity index (χ2v) is 8.22. The largest absolute Gasteiger partial charge is 0.497 e. The summed E-state index contributed by atoms with van der Waals surface area (Å²) in [6.45, 7) is 3.95. The molecule has 2 amide bonds. The summed E-state index contributed by atoms with van der Waals surface area (Å²) in [6.07, 6.45) is 2.45. The third-order valence-electron chi connectivity index (χ3n) is 6.00. The summed E-state index contributed by atoms with van der Waals surface area (Å²) in [4.78, 5) is 33.6. The van der Waals surface area contributed by atoms with Crippen LogP contribution < -0.4 is 9.47 Å². The summed E-state index contributed by atoms with van der Waals surface area (Å²) in [7, 11) is 3.09. The number of ether oxygens (including phenoxy) is 2. The Hall–Kier alpha value is -3.81. The van der Waals surface area contributed by atoms with Gasteiger partial charge in [0.2, 0.25) is 5.91 Å². The van der Waals surface area contributed by atoms with Gasteiger partial charge in [-0.1, -0.05) is 29.8 Å². The van der Waals surface area contributed by atoms with Gasteiger partial charge < -0.3 is 23.7 Å². The highest BCUT2D eigenvalue weighted by Crippen LogP contribution is 2.26. The number of carbonyl (C=O) groups is 2. The van der Waals surface area contributed by atoms with Crippen molar-refractivity contribution < 1.29 is 23.5 Å². The van der Waals surface area contributed by atoms with Crippen LogP contribution in [0.2, 0.25) is 0 Å². The molecule has 1 saturated heterocycles. The summed E-state index contributed by atoms with van der Waals surface area (Å²) in [5.74, 6) is 2.26. The first kappa shape index (κ1) is 23.4. The van der Waals surface area contributed by atoms with Crippen LogP contribution in [-0.2, 0) is 11.2 Å². The number of rotatable bonds is 7. The molecule has 3 aromatic rings. The van der Waals surface area contributed by atoms with Crippen molar-refractivity contribution in [2.75, 3.05) is 40.4 Å². The van der Waals surface area contributed by atoms with Crippen molar-refractivity contribution >= 4 is 11.8 Å². The van der Waals surface area contributed by atoms with Gasteiger partial charge in [0.1, 0.15) is 11.5 Å². The van der Waals surface area contributed by atoms with Crippen molar-refractivity contribution in [3.63, 3.8) is 0 Å². The zero-order chi connectivity index (χ0) is 24.1. The maximum atomic E-state index is 13.0. The van der Waals surface area contributed by atoms with Crippen molar-refractivity contribution in [2.24, 2.45) is 0 Å². The molecule has 2 heterocycles. The third-order valence-corrected chi connectivity index (χ3v) is 6.00. The number of methoxy groups -OCH3 is 2. The van der Waals surface area contributed by atoms with Crippen LogP contribution in [0.4, 0.5) is 0 Å². The lowest BCUT2D eigenvalue weighted by atomic mass is 10.1. The van der Waals surface area contributed by atoms with Gasteiger partial charge in [-0.15, -0.1) is 0 Å². The van der Waals surface area contributed by atoms with Crippen molar-refractivity contribution in [1.29, 1.82) is 0 Å². The van der Waals surface area contributed by atoms with Crippen LogP contribution in [0, 0.1) is 6.92 Å². The molecule has 0 N–H and O–H groups in total. The predicted octanol–water partition coefficient (Wildman–Crippen LogP) is 3.58. The van der Waals surface area contributed by atoms with Crippen LogP contribution in [0.5, 0.6) is 11.5 Å². The van der Waals surface area contributed by atoms with E-state index in [1.54, 1.807) is 41.3 Å². The highest BCUT2D eigenvalue weighted by atomic mass is 16.5. The van der Waals surface area contributed by atoms with Gasteiger partial charge in [-0.3, -0.25) is 9.59 Å². The zero-order valence-electron chi connectivity index (χ0n) is 19.7. The number of aromatic nitrogens is 1. The molecule has 8 heteroatoms. The molecule has 0 unspecified atom stereocenters. The number of oxazole rings is 1. The first-order valence-corrected chi connectivity index (χ1v) is 11.3. The van der Waals surface area contributed by atoms with E-state index in [0.717, 1.165) is 5.56 Å². The van der Waals surface area contributed by atoms with Crippen LogP contribution in [0.25, 0.3) is 11.3 Å². The van der Waals surface area contributed by atoms with Crippen LogP contribution in [0.3, 0.4) is 0 Å². The lowest BCUT2D eigenvalue weighted by Crippen LogP contribution is -2.50. The quantitative estimate of drug-likeness (QED) is 0.532. The average Bonchev–Trinajstić information content (AvgIpc) is 3.36. The molecular weight excluding hydrogens is 434 g/mol. The van der Waals surface area contributed by atoms with Gasteiger partial charge in [0.15, 0.2) is 11.7 Å². The molecule has 4 rings (SSSR count). The van der Waals surface area contributed by atoms with Crippen LogP contribution in [0.1, 0.15) is 28.2 Å². The molecular formula is C26H29N3O5. The summed E-state index contributed by atoms with van der Waals surface area (Å²) in [6, 6.07) is 13.2. The fraction of sp³-hybridized carbons (Fsp3) is 0.346. The summed E-state index contributed by atoms with van der Waals surface area (Å²) < 4.78 is 16.4. The molecule has 34 heavy (non-hydrogen) atoms. The van der Waals surface area contributed by atoms with Crippen molar-refractivity contribution in [1.82, 2.24) is 14.8 Å². The summed E-state index contributed by atoms with van der Waals surface area (Å²) in [5, 5.41) is 0. The van der Waals surface area contributed by atoms with E-state index in [0.29, 0.717) is 67.7 Å². The van der Waals surface area contributed by atoms with Crippen molar-refractivity contribution in [3.8, 4) is 22.8 Å². The highest BCUT2D eigenvalue weighted by molar-refractivity contribution is 5.97. The number of carbonyl (C=O) groups excluding carboxylic acids is 2. The molecule has 178 valence electrons. The number of benzene rings is 2. The second-order valence-electron chi connectivity index (χ2n) is 8.22. The van der Waals surface area contributed by atoms with Gasteiger partial charge in [-0.2, -0.15) is 0 Å². The Bertz CT molecular complexity index is 1150. The zero-order valence-corrected chi connectivity index (χ0v) is 19.7. The van der Waals surface area contributed by atoms with Crippen molar-refractivity contribution in [3.05, 3.63) is 65.7 Å². The first-order valence-electron chi connectivity index (χ1n) is 11.3. The molecule has 0 atom stereocenters. The molecule has 0 bridgehead atoms. The van der Waals surface area contributed by atoms with Gasteiger partial charge in [0, 0.05) is 50.7 Å². The Morgan fingerprint density at radius 1 is 0.971 bits per heavy atom. The topological polar surface area (TPSA) is 85.1 Å². The number of hydrogen-bond acceptors (Lipinski definition) is 6. The fourth-order valence-electron chi connectivity index (χ4n) is 3.95. The number of piperazine rings is 1. The van der Waals surface area contributed by atoms with Gasteiger partial charge in [0.25, 0.3) is 5.91 Å². The first-order chi connectivity index (χ1) is 16.5. The molecule has 8 nitrogen and oxygen atoms in total. The molecule has 1 aromatic heterocycles. The lowest BCUT2D eigenvalue weighted by Gasteiger charge is -2.35. The van der Waals surface area contributed by atoms with E-state index in [1.807, 2.05) is 31.2 Å². The van der Waals surface area contributed by atoms with Crippen LogP contribution in [-0.4, -0.2) is 67.0 Å². The maximum absolute atomic E-state index is 13.0. The maximum Gasteiger partial charge on any atom is 0.257 e. The van der Waals surface area contributed by atoms with E-state index in [-0.39, 0.29) is 11.8 Å². The van der Waals surface area contributed by atoms with E-state index >= 15 is 0 Å².